The molecule has 17 heavy (non-hydrogen) atoms. The summed E-state index contributed by atoms with van der Waals surface area (Å²) >= 11 is 5.82. The molecule has 0 bridgehead atoms. The fourth-order valence-corrected chi connectivity index (χ4v) is 1.53. The van der Waals surface area contributed by atoms with E-state index in [1.165, 1.54) is 0 Å². The lowest BCUT2D eigenvalue weighted by Gasteiger charge is -2.04. The van der Waals surface area contributed by atoms with Gasteiger partial charge in [0.1, 0.15) is 0 Å². The van der Waals surface area contributed by atoms with Crippen molar-refractivity contribution < 1.29 is 4.42 Å². The van der Waals surface area contributed by atoms with E-state index in [1.807, 2.05) is 43.3 Å². The molecule has 0 saturated carbocycles. The molecule has 0 radical (unpaired) electrons. The smallest absolute Gasteiger partial charge is 0.209 e. The third kappa shape index (κ3) is 3.73. The molecule has 0 aliphatic carbocycles. The van der Waals surface area contributed by atoms with Crippen molar-refractivity contribution >= 4 is 24.0 Å². The normalized spacial score (nSPS) is 10.4. The fourth-order valence-electron chi connectivity index (χ4n) is 1.40. The van der Waals surface area contributed by atoms with Gasteiger partial charge in [-0.1, -0.05) is 11.6 Å². The largest absolute Gasteiger partial charge is 0.439 e. The summed E-state index contributed by atoms with van der Waals surface area (Å²) in [4.78, 5) is 6.23. The van der Waals surface area contributed by atoms with Crippen LogP contribution in [-0.4, -0.2) is 24.0 Å². The monoisotopic (exact) mass is 272 g/mol. The second-order valence-electron chi connectivity index (χ2n) is 3.86. The third-order valence-corrected chi connectivity index (χ3v) is 2.39. The van der Waals surface area contributed by atoms with Crippen molar-refractivity contribution in [2.75, 3.05) is 14.1 Å². The maximum atomic E-state index is 5.82. The zero-order chi connectivity index (χ0) is 11.5. The Kier molecular flexibility index (Phi) is 5.00. The Bertz CT molecular complexity index is 466. The Morgan fingerprint density at radius 2 is 1.88 bits per heavy atom. The van der Waals surface area contributed by atoms with Gasteiger partial charge in [0, 0.05) is 10.6 Å². The van der Waals surface area contributed by atoms with Crippen LogP contribution in [0.4, 0.5) is 0 Å². The van der Waals surface area contributed by atoms with Gasteiger partial charge in [0.2, 0.25) is 5.89 Å². The lowest BCUT2D eigenvalue weighted by atomic mass is 10.2. The van der Waals surface area contributed by atoms with Crippen molar-refractivity contribution in [3.63, 3.8) is 0 Å². The van der Waals surface area contributed by atoms with Crippen molar-refractivity contribution in [3.05, 3.63) is 41.4 Å². The number of oxazole rings is 1. The molecule has 92 valence electrons. The molecule has 2 aromatic rings. The predicted octanol–water partition coefficient (Wildman–Crippen LogP) is 3.48. The van der Waals surface area contributed by atoms with Gasteiger partial charge < -0.3 is 9.32 Å². The van der Waals surface area contributed by atoms with E-state index < -0.39 is 0 Å². The van der Waals surface area contributed by atoms with E-state index in [0.29, 0.717) is 6.54 Å². The molecule has 1 aromatic carbocycles. The zero-order valence-corrected chi connectivity index (χ0v) is 11.3. The van der Waals surface area contributed by atoms with Gasteiger partial charge in [-0.3, -0.25) is 0 Å². The van der Waals surface area contributed by atoms with Crippen LogP contribution < -0.4 is 0 Å². The Morgan fingerprint density at radius 3 is 2.47 bits per heavy atom. The average molecular weight is 273 g/mol. The number of rotatable bonds is 3. The average Bonchev–Trinajstić information content (AvgIpc) is 2.66. The first-order valence-electron chi connectivity index (χ1n) is 5.00. The molecule has 0 amide bonds. The zero-order valence-electron chi connectivity index (χ0n) is 9.68. The first-order valence-corrected chi connectivity index (χ1v) is 5.38. The number of aromatic nitrogens is 1. The van der Waals surface area contributed by atoms with E-state index in [4.69, 9.17) is 16.0 Å². The predicted molar refractivity (Wildman–Crippen MR) is 71.6 cm³/mol. The van der Waals surface area contributed by atoms with Crippen LogP contribution in [0.2, 0.25) is 5.02 Å². The first-order chi connectivity index (χ1) is 7.65. The number of hydrogen-bond acceptors (Lipinski definition) is 3. The molecule has 0 unspecified atom stereocenters. The molecule has 0 N–H and O–H groups in total. The van der Waals surface area contributed by atoms with Crippen molar-refractivity contribution in [2.45, 2.75) is 6.54 Å². The van der Waals surface area contributed by atoms with E-state index in [-0.39, 0.29) is 12.4 Å². The topological polar surface area (TPSA) is 29.3 Å². The van der Waals surface area contributed by atoms with E-state index in [1.54, 1.807) is 6.20 Å². The van der Waals surface area contributed by atoms with Crippen LogP contribution >= 0.6 is 24.0 Å². The number of benzene rings is 1. The minimum atomic E-state index is 0. The van der Waals surface area contributed by atoms with Gasteiger partial charge in [0.25, 0.3) is 0 Å². The summed E-state index contributed by atoms with van der Waals surface area (Å²) in [6, 6.07) is 7.51. The molecule has 0 spiro atoms. The Hall–Kier alpha value is -1.03. The lowest BCUT2D eigenvalue weighted by molar-refractivity contribution is 0.344. The third-order valence-electron chi connectivity index (χ3n) is 2.13. The molecule has 3 nitrogen and oxygen atoms in total. The first kappa shape index (κ1) is 14.0. The summed E-state index contributed by atoms with van der Waals surface area (Å²) in [5.74, 6) is 1.49. The maximum Gasteiger partial charge on any atom is 0.209 e. The summed E-state index contributed by atoms with van der Waals surface area (Å²) in [7, 11) is 3.96. The van der Waals surface area contributed by atoms with Gasteiger partial charge in [-0.15, -0.1) is 12.4 Å². The lowest BCUT2D eigenvalue weighted by Crippen LogP contribution is -2.10. The summed E-state index contributed by atoms with van der Waals surface area (Å²) < 4.78 is 5.62. The van der Waals surface area contributed by atoms with Gasteiger partial charge in [0.15, 0.2) is 5.76 Å². The van der Waals surface area contributed by atoms with E-state index in [0.717, 1.165) is 22.2 Å². The molecule has 1 aromatic heterocycles. The van der Waals surface area contributed by atoms with Crippen molar-refractivity contribution in [1.29, 1.82) is 0 Å². The molecular weight excluding hydrogens is 259 g/mol. The van der Waals surface area contributed by atoms with Gasteiger partial charge >= 0.3 is 0 Å². The second kappa shape index (κ2) is 6.05. The Labute approximate surface area is 112 Å². The number of halogens is 2. The van der Waals surface area contributed by atoms with Gasteiger partial charge in [-0.2, -0.15) is 0 Å². The van der Waals surface area contributed by atoms with Crippen molar-refractivity contribution in [1.82, 2.24) is 9.88 Å². The highest BCUT2D eigenvalue weighted by molar-refractivity contribution is 6.30. The summed E-state index contributed by atoms with van der Waals surface area (Å²) in [6.07, 6.45) is 1.74. The van der Waals surface area contributed by atoms with Gasteiger partial charge in [-0.25, -0.2) is 4.98 Å². The molecule has 0 atom stereocenters. The van der Waals surface area contributed by atoms with Crippen molar-refractivity contribution in [2.24, 2.45) is 0 Å². The van der Waals surface area contributed by atoms with Crippen LogP contribution in [0.1, 0.15) is 5.89 Å². The van der Waals surface area contributed by atoms with Gasteiger partial charge in [0.05, 0.1) is 12.7 Å². The molecule has 0 aliphatic rings. The highest BCUT2D eigenvalue weighted by Crippen LogP contribution is 2.22. The standard InChI is InChI=1S/C12H13ClN2O.ClH/c1-15(2)8-12-14-7-11(16-12)9-3-5-10(13)6-4-9;/h3-7H,8H2,1-2H3;1H. The van der Waals surface area contributed by atoms with Crippen LogP contribution in [0.15, 0.2) is 34.9 Å². The van der Waals surface area contributed by atoms with E-state index >= 15 is 0 Å². The number of hydrogen-bond donors (Lipinski definition) is 0. The van der Waals surface area contributed by atoms with Crippen LogP contribution in [0.3, 0.4) is 0 Å². The minimum Gasteiger partial charge on any atom is -0.439 e. The summed E-state index contributed by atoms with van der Waals surface area (Å²) in [6.45, 7) is 0.702. The SMILES string of the molecule is CN(C)Cc1ncc(-c2ccc(Cl)cc2)o1.Cl. The highest BCUT2D eigenvalue weighted by Gasteiger charge is 2.06. The summed E-state index contributed by atoms with van der Waals surface area (Å²) in [5, 5.41) is 0.719. The van der Waals surface area contributed by atoms with E-state index in [9.17, 15) is 0 Å². The summed E-state index contributed by atoms with van der Waals surface area (Å²) in [5.41, 5.74) is 0.988. The van der Waals surface area contributed by atoms with Crippen molar-refractivity contribution in [3.8, 4) is 11.3 Å². The molecular formula is C12H14Cl2N2O. The highest BCUT2D eigenvalue weighted by atomic mass is 35.5. The Balaban J connectivity index is 0.00000144. The van der Waals surface area contributed by atoms with Crippen LogP contribution in [0.5, 0.6) is 0 Å². The second-order valence-corrected chi connectivity index (χ2v) is 4.30. The quantitative estimate of drug-likeness (QED) is 0.857. The maximum absolute atomic E-state index is 5.82. The molecule has 0 fully saturated rings. The molecule has 0 saturated heterocycles. The van der Waals surface area contributed by atoms with Crippen LogP contribution in [-0.2, 0) is 6.54 Å². The molecule has 0 aliphatic heterocycles. The van der Waals surface area contributed by atoms with Crippen LogP contribution in [0.25, 0.3) is 11.3 Å². The fraction of sp³-hybridized carbons (Fsp3) is 0.250. The Morgan fingerprint density at radius 1 is 1.24 bits per heavy atom. The van der Waals surface area contributed by atoms with E-state index in [2.05, 4.69) is 4.98 Å². The number of nitrogens with zero attached hydrogens (tertiary/aromatic N) is 2. The molecule has 2 rings (SSSR count). The molecule has 1 heterocycles. The van der Waals surface area contributed by atoms with Gasteiger partial charge in [-0.05, 0) is 38.4 Å². The van der Waals surface area contributed by atoms with Crippen LogP contribution in [0, 0.1) is 0 Å². The molecule has 5 heteroatoms. The minimum absolute atomic E-state index is 0.